The van der Waals surface area contributed by atoms with Crippen LogP contribution >= 0.6 is 0 Å². The van der Waals surface area contributed by atoms with Crippen LogP contribution in [0.25, 0.3) is 0 Å². The largest absolute Gasteiger partial charge is 0.399 e. The minimum atomic E-state index is -0.0807. The van der Waals surface area contributed by atoms with Crippen LogP contribution in [0, 0.1) is 5.41 Å². The number of para-hydroxylation sites is 1. The summed E-state index contributed by atoms with van der Waals surface area (Å²) in [5.74, 6) is -0.0128. The Morgan fingerprint density at radius 2 is 1.73 bits per heavy atom. The van der Waals surface area contributed by atoms with Gasteiger partial charge in [0.25, 0.3) is 5.91 Å². The van der Waals surface area contributed by atoms with Crippen LogP contribution < -0.4 is 16.0 Å². The van der Waals surface area contributed by atoms with Gasteiger partial charge in [-0.2, -0.15) is 0 Å². The molecule has 176 valence electrons. The first kappa shape index (κ1) is 24.5. The molecule has 0 bridgehead atoms. The predicted octanol–water partition coefficient (Wildman–Crippen LogP) is 4.10. The van der Waals surface area contributed by atoms with Crippen molar-refractivity contribution < 1.29 is 9.59 Å². The zero-order valence-corrected chi connectivity index (χ0v) is 20.0. The van der Waals surface area contributed by atoms with Crippen molar-refractivity contribution in [2.24, 2.45) is 5.41 Å². The first-order valence-corrected chi connectivity index (χ1v) is 11.7. The number of allylic oxidation sites excluding steroid dienone is 1. The smallest absolute Gasteiger partial charge is 0.258 e. The first-order valence-electron chi connectivity index (χ1n) is 11.7. The number of nitrogen functional groups attached to an aromatic ring is 1. The molecule has 0 fully saturated rings. The fourth-order valence-electron chi connectivity index (χ4n) is 4.31. The second-order valence-corrected chi connectivity index (χ2v) is 9.11. The van der Waals surface area contributed by atoms with Gasteiger partial charge in [-0.1, -0.05) is 31.2 Å². The number of likely N-dealkylation sites (N-methyl/N-ethyl adjacent to an activating group) is 1. The lowest BCUT2D eigenvalue weighted by molar-refractivity contribution is -0.117. The lowest BCUT2D eigenvalue weighted by Gasteiger charge is -2.30. The van der Waals surface area contributed by atoms with Gasteiger partial charge in [-0.25, -0.2) is 0 Å². The first-order chi connectivity index (χ1) is 15.8. The number of hydrogen-bond acceptors (Lipinski definition) is 4. The summed E-state index contributed by atoms with van der Waals surface area (Å²) in [6, 6.07) is 16.8. The molecule has 1 atom stereocenters. The van der Waals surface area contributed by atoms with E-state index < -0.39 is 0 Å². The normalized spacial score (nSPS) is 17.6. The van der Waals surface area contributed by atoms with Crippen LogP contribution in [0.1, 0.15) is 43.0 Å². The van der Waals surface area contributed by atoms with Crippen molar-refractivity contribution in [3.63, 3.8) is 0 Å². The molecule has 33 heavy (non-hydrogen) atoms. The highest BCUT2D eigenvalue weighted by Gasteiger charge is 2.34. The number of hydrogen-bond donors (Lipinski definition) is 2. The molecule has 0 radical (unpaired) electrons. The molecule has 0 aliphatic heterocycles. The van der Waals surface area contributed by atoms with Crippen LogP contribution in [0.5, 0.6) is 0 Å². The molecule has 3 N–H and O–H groups in total. The zero-order valence-electron chi connectivity index (χ0n) is 20.0. The van der Waals surface area contributed by atoms with Crippen LogP contribution in [-0.4, -0.2) is 50.4 Å². The molecule has 1 unspecified atom stereocenters. The van der Waals surface area contributed by atoms with Gasteiger partial charge in [0.1, 0.15) is 0 Å². The molecular weight excluding hydrogens is 412 g/mol. The Hall–Kier alpha value is -3.12. The van der Waals surface area contributed by atoms with Crippen molar-refractivity contribution >= 4 is 23.2 Å². The summed E-state index contributed by atoms with van der Waals surface area (Å²) in [5, 5.41) is 3.03. The van der Waals surface area contributed by atoms with Gasteiger partial charge >= 0.3 is 0 Å². The summed E-state index contributed by atoms with van der Waals surface area (Å²) >= 11 is 0. The molecule has 3 rings (SSSR count). The highest BCUT2D eigenvalue weighted by Crippen LogP contribution is 2.42. The third kappa shape index (κ3) is 6.45. The number of rotatable bonds is 10. The Labute approximate surface area is 197 Å². The van der Waals surface area contributed by atoms with Crippen LogP contribution in [-0.2, 0) is 4.79 Å². The van der Waals surface area contributed by atoms with Gasteiger partial charge in [0.15, 0.2) is 0 Å². The lowest BCUT2D eigenvalue weighted by atomic mass is 9.81. The molecule has 1 aliphatic rings. The standard InChI is InChI=1S/C27H36N4O2/c1-4-27(15-14-22(20-27)25(32)29-17-19-30(2)3)16-18-31(24-8-6-5-7-9-24)26(33)21-10-12-23(28)13-11-21/h5-13,20H,4,14-19,28H2,1-3H3,(H,29,32). The molecule has 6 heteroatoms. The molecule has 2 aromatic carbocycles. The SMILES string of the molecule is CCC1(CCN(C(=O)c2ccc(N)cc2)c2ccccc2)C=C(C(=O)NCCN(C)C)CC1. The van der Waals surface area contributed by atoms with Crippen molar-refractivity contribution in [1.29, 1.82) is 0 Å². The van der Waals surface area contributed by atoms with E-state index in [9.17, 15) is 9.59 Å². The zero-order chi connectivity index (χ0) is 23.8. The number of nitrogens with two attached hydrogens (primary N) is 1. The molecule has 6 nitrogen and oxygen atoms in total. The van der Waals surface area contributed by atoms with E-state index in [1.54, 1.807) is 24.3 Å². The molecule has 0 saturated carbocycles. The number of carbonyl (C=O) groups is 2. The minimum absolute atomic E-state index is 0.0324. The maximum atomic E-state index is 13.4. The number of anilines is 2. The van der Waals surface area contributed by atoms with Crippen LogP contribution in [0.4, 0.5) is 11.4 Å². The van der Waals surface area contributed by atoms with Crippen molar-refractivity contribution in [2.45, 2.75) is 32.6 Å². The van der Waals surface area contributed by atoms with E-state index >= 15 is 0 Å². The monoisotopic (exact) mass is 448 g/mol. The van der Waals surface area contributed by atoms with Crippen LogP contribution in [0.15, 0.2) is 66.2 Å². The van der Waals surface area contributed by atoms with Gasteiger partial charge in [-0.05, 0) is 81.6 Å². The maximum absolute atomic E-state index is 13.4. The fraction of sp³-hybridized carbons (Fsp3) is 0.407. The number of nitrogens with one attached hydrogen (secondary N) is 1. The van der Waals surface area contributed by atoms with Crippen molar-refractivity contribution in [3.05, 3.63) is 71.8 Å². The molecule has 0 aromatic heterocycles. The van der Waals surface area contributed by atoms with E-state index in [4.69, 9.17) is 5.73 Å². The Bertz CT molecular complexity index is 969. The lowest BCUT2D eigenvalue weighted by Crippen LogP contribution is -2.34. The van der Waals surface area contributed by atoms with E-state index in [0.717, 1.165) is 43.5 Å². The number of nitrogens with zero attached hydrogens (tertiary/aromatic N) is 2. The predicted molar refractivity (Wildman–Crippen MR) is 135 cm³/mol. The third-order valence-electron chi connectivity index (χ3n) is 6.52. The minimum Gasteiger partial charge on any atom is -0.399 e. The molecule has 1 aliphatic carbocycles. The van der Waals surface area contributed by atoms with Gasteiger partial charge in [0.2, 0.25) is 5.91 Å². The highest BCUT2D eigenvalue weighted by atomic mass is 16.2. The van der Waals surface area contributed by atoms with Gasteiger partial charge in [0, 0.05) is 42.1 Å². The van der Waals surface area contributed by atoms with Crippen molar-refractivity contribution in [1.82, 2.24) is 10.2 Å². The summed E-state index contributed by atoms with van der Waals surface area (Å²) in [6.07, 6.45) is 5.60. The quantitative estimate of drug-likeness (QED) is 0.537. The second kappa shape index (κ2) is 11.1. The van der Waals surface area contributed by atoms with Gasteiger partial charge in [-0.15, -0.1) is 0 Å². The van der Waals surface area contributed by atoms with Gasteiger partial charge in [0.05, 0.1) is 0 Å². The molecule has 0 saturated heterocycles. The average molecular weight is 449 g/mol. The summed E-state index contributed by atoms with van der Waals surface area (Å²) in [7, 11) is 3.99. The Morgan fingerprint density at radius 3 is 2.36 bits per heavy atom. The van der Waals surface area contributed by atoms with Crippen molar-refractivity contribution in [3.8, 4) is 0 Å². The molecule has 0 heterocycles. The van der Waals surface area contributed by atoms with E-state index in [0.29, 0.717) is 24.3 Å². The Kier molecular flexibility index (Phi) is 8.28. The second-order valence-electron chi connectivity index (χ2n) is 9.11. The summed E-state index contributed by atoms with van der Waals surface area (Å²) in [4.78, 5) is 29.9. The average Bonchev–Trinajstić information content (AvgIpc) is 3.25. The van der Waals surface area contributed by atoms with E-state index in [1.165, 1.54) is 0 Å². The molecule has 2 amide bonds. The van der Waals surface area contributed by atoms with E-state index in [1.807, 2.05) is 49.3 Å². The van der Waals surface area contributed by atoms with E-state index in [-0.39, 0.29) is 17.2 Å². The number of benzene rings is 2. The summed E-state index contributed by atoms with van der Waals surface area (Å²) < 4.78 is 0. The van der Waals surface area contributed by atoms with Gasteiger partial charge in [-0.3, -0.25) is 9.59 Å². The molecular formula is C27H36N4O2. The molecule has 0 spiro atoms. The van der Waals surface area contributed by atoms with Crippen LogP contribution in [0.3, 0.4) is 0 Å². The van der Waals surface area contributed by atoms with Crippen LogP contribution in [0.2, 0.25) is 0 Å². The highest BCUT2D eigenvalue weighted by molar-refractivity contribution is 6.06. The number of carbonyl (C=O) groups excluding carboxylic acids is 2. The van der Waals surface area contributed by atoms with Gasteiger partial charge < -0.3 is 20.9 Å². The maximum Gasteiger partial charge on any atom is 0.258 e. The van der Waals surface area contributed by atoms with Crippen molar-refractivity contribution in [2.75, 3.05) is 44.4 Å². The fourth-order valence-corrected chi connectivity index (χ4v) is 4.31. The third-order valence-corrected chi connectivity index (χ3v) is 6.52. The Morgan fingerprint density at radius 1 is 1.03 bits per heavy atom. The summed E-state index contributed by atoms with van der Waals surface area (Å²) in [5.41, 5.74) is 8.71. The summed E-state index contributed by atoms with van der Waals surface area (Å²) in [6.45, 7) is 4.20. The number of amides is 2. The van der Waals surface area contributed by atoms with E-state index in [2.05, 4.69) is 23.2 Å². The molecule has 2 aromatic rings. The Balaban J connectivity index is 1.75. The topological polar surface area (TPSA) is 78.7 Å².